The van der Waals surface area contributed by atoms with Crippen molar-refractivity contribution in [3.8, 4) is 0 Å². The van der Waals surface area contributed by atoms with Crippen LogP contribution in [0.4, 0.5) is 38.1 Å². The van der Waals surface area contributed by atoms with Crippen LogP contribution in [0.2, 0.25) is 0 Å². The minimum absolute atomic E-state index is 0.0608. The van der Waals surface area contributed by atoms with Gasteiger partial charge in [-0.15, -0.1) is 0 Å². The third kappa shape index (κ3) is 6.18. The topological polar surface area (TPSA) is 94.5 Å². The summed E-state index contributed by atoms with van der Waals surface area (Å²) in [6.45, 7) is 3.65. The summed E-state index contributed by atoms with van der Waals surface area (Å²) in [6.07, 6.45) is -2.74. The summed E-state index contributed by atoms with van der Waals surface area (Å²) < 4.78 is 74.3. The number of rotatable bonds is 6. The molecule has 226 valence electrons. The van der Waals surface area contributed by atoms with Gasteiger partial charge in [-0.2, -0.15) is 0 Å². The molecule has 0 aromatic heterocycles. The summed E-state index contributed by atoms with van der Waals surface area (Å²) in [4.78, 5) is 46.0. The van der Waals surface area contributed by atoms with Gasteiger partial charge in [-0.3, -0.25) is 9.59 Å². The van der Waals surface area contributed by atoms with Gasteiger partial charge in [0, 0.05) is 75.0 Å². The summed E-state index contributed by atoms with van der Waals surface area (Å²) >= 11 is 0. The van der Waals surface area contributed by atoms with Crippen molar-refractivity contribution in [1.82, 2.24) is 9.80 Å². The Hall–Kier alpha value is -3.81. The molecule has 5 rings (SSSR count). The lowest BCUT2D eigenvalue weighted by atomic mass is 9.91. The van der Waals surface area contributed by atoms with Crippen LogP contribution < -0.4 is 10.2 Å². The largest absolute Gasteiger partial charge is 0.446 e. The first-order valence-corrected chi connectivity index (χ1v) is 13.5. The fourth-order valence-electron chi connectivity index (χ4n) is 5.37. The average Bonchev–Trinajstić information content (AvgIpc) is 3.40. The van der Waals surface area contributed by atoms with Gasteiger partial charge in [-0.25, -0.2) is 31.7 Å². The van der Waals surface area contributed by atoms with E-state index >= 15 is 4.39 Å². The lowest BCUT2D eigenvalue weighted by Crippen LogP contribution is -2.50. The molecular weight excluding hydrogens is 565 g/mol. The van der Waals surface area contributed by atoms with Crippen LogP contribution in [0.3, 0.4) is 0 Å². The molecule has 1 N–H and O–H groups in total. The van der Waals surface area contributed by atoms with Crippen LogP contribution in [-0.4, -0.2) is 98.2 Å². The molecule has 1 aromatic carbocycles. The van der Waals surface area contributed by atoms with E-state index in [9.17, 15) is 31.9 Å². The molecule has 42 heavy (non-hydrogen) atoms. The molecule has 9 nitrogen and oxygen atoms in total. The Morgan fingerprint density at radius 3 is 2.60 bits per heavy atom. The third-order valence-corrected chi connectivity index (χ3v) is 8.02. The van der Waals surface area contributed by atoms with Gasteiger partial charge in [-0.1, -0.05) is 6.08 Å². The Bertz CT molecular complexity index is 1370. The second-order valence-corrected chi connectivity index (χ2v) is 11.0. The molecule has 3 aliphatic heterocycles. The number of aliphatic imine (C=N–C) groups is 1. The Morgan fingerprint density at radius 2 is 1.93 bits per heavy atom. The Labute approximate surface area is 238 Å². The number of dihydropyridines is 1. The number of nitrogens with one attached hydrogen (secondary N) is 1. The number of halogens is 5. The van der Waals surface area contributed by atoms with Crippen LogP contribution in [-0.2, 0) is 14.3 Å². The highest BCUT2D eigenvalue weighted by Crippen LogP contribution is 2.40. The van der Waals surface area contributed by atoms with Gasteiger partial charge in [0.25, 0.3) is 18.3 Å². The number of likely N-dealkylation sites (N-methyl/N-ethyl adjacent to an activating group) is 1. The van der Waals surface area contributed by atoms with Crippen molar-refractivity contribution in [2.75, 3.05) is 50.0 Å². The zero-order valence-corrected chi connectivity index (χ0v) is 23.0. The number of carbonyl (C=O) groups is 3. The summed E-state index contributed by atoms with van der Waals surface area (Å²) in [5.41, 5.74) is 0.276. The maximum Gasteiger partial charge on any atom is 0.410 e. The molecule has 3 amide bonds. The Balaban J connectivity index is 1.39. The van der Waals surface area contributed by atoms with E-state index in [1.54, 1.807) is 6.08 Å². The van der Waals surface area contributed by atoms with E-state index in [2.05, 4.69) is 15.2 Å². The van der Waals surface area contributed by atoms with Crippen LogP contribution in [0.1, 0.15) is 25.3 Å². The van der Waals surface area contributed by atoms with Crippen molar-refractivity contribution in [3.05, 3.63) is 41.2 Å². The molecule has 3 heterocycles. The molecule has 1 aliphatic carbocycles. The van der Waals surface area contributed by atoms with E-state index in [4.69, 9.17) is 4.74 Å². The summed E-state index contributed by atoms with van der Waals surface area (Å²) in [6, 6.07) is 2.74. The molecule has 1 aromatic rings. The van der Waals surface area contributed by atoms with Crippen molar-refractivity contribution in [2.45, 2.75) is 44.3 Å². The van der Waals surface area contributed by atoms with Gasteiger partial charge in [0.2, 0.25) is 5.91 Å². The highest BCUT2D eigenvalue weighted by Gasteiger charge is 2.48. The van der Waals surface area contributed by atoms with Gasteiger partial charge in [0.1, 0.15) is 17.8 Å². The zero-order valence-electron chi connectivity index (χ0n) is 23.0. The van der Waals surface area contributed by atoms with E-state index < -0.39 is 66.5 Å². The van der Waals surface area contributed by atoms with Gasteiger partial charge in [0.15, 0.2) is 0 Å². The number of nitrogens with zero attached hydrogens (tertiary/aromatic N) is 4. The number of hydrogen-bond donors (Lipinski definition) is 1. The fraction of sp³-hybridized carbons (Fsp3) is 0.500. The van der Waals surface area contributed by atoms with Crippen molar-refractivity contribution in [2.24, 2.45) is 10.9 Å². The highest BCUT2D eigenvalue weighted by atomic mass is 19.3. The predicted molar refractivity (Wildman–Crippen MR) is 144 cm³/mol. The number of benzene rings is 1. The van der Waals surface area contributed by atoms with Gasteiger partial charge < -0.3 is 24.8 Å². The van der Waals surface area contributed by atoms with Crippen molar-refractivity contribution >= 4 is 41.1 Å². The molecule has 1 unspecified atom stereocenters. The standard InChI is InChI=1S/C28H30F5N5O4/c1-15-13-37(6-5-36(15)2)23-9-21(29)18(16-3-4-38(14-16)27(41)42-17-10-28(32,33)11-17)7-22(23)35-26(40)20-12-34-24(39)8-19(20)25(30)31/h3,7-9,12,15,17,20,25H,4-6,10-11,13-14H2,1-2H3,(H,35,40)/t15-,20?/m0/s1. The van der Waals surface area contributed by atoms with Crippen LogP contribution in [0, 0.1) is 11.7 Å². The van der Waals surface area contributed by atoms with Crippen molar-refractivity contribution in [3.63, 3.8) is 0 Å². The summed E-state index contributed by atoms with van der Waals surface area (Å²) in [5, 5.41) is 2.64. The Kier molecular flexibility index (Phi) is 8.10. The molecule has 0 bridgehead atoms. The predicted octanol–water partition coefficient (Wildman–Crippen LogP) is 3.96. The molecule has 0 spiro atoms. The molecular formula is C28H30F5N5O4. The maximum absolute atomic E-state index is 15.6. The Morgan fingerprint density at radius 1 is 1.19 bits per heavy atom. The molecule has 0 radical (unpaired) electrons. The summed E-state index contributed by atoms with van der Waals surface area (Å²) in [7, 11) is 1.95. The van der Waals surface area contributed by atoms with Gasteiger partial charge in [0.05, 0.1) is 11.4 Å². The van der Waals surface area contributed by atoms with Crippen LogP contribution in [0.5, 0.6) is 0 Å². The number of anilines is 2. The minimum atomic E-state index is -3.07. The number of alkyl halides is 4. The first-order valence-electron chi connectivity index (χ1n) is 13.5. The molecule has 1 saturated heterocycles. The molecule has 2 atom stereocenters. The third-order valence-electron chi connectivity index (χ3n) is 8.02. The van der Waals surface area contributed by atoms with Crippen LogP contribution in [0.25, 0.3) is 5.57 Å². The smallest absolute Gasteiger partial charge is 0.410 e. The van der Waals surface area contributed by atoms with Gasteiger partial charge >= 0.3 is 6.09 Å². The van der Waals surface area contributed by atoms with E-state index in [0.29, 0.717) is 37.0 Å². The lowest BCUT2D eigenvalue weighted by molar-refractivity contribution is -0.147. The normalized spacial score (nSPS) is 24.4. The molecule has 2 fully saturated rings. The quantitative estimate of drug-likeness (QED) is 0.501. The first-order chi connectivity index (χ1) is 19.8. The molecule has 14 heteroatoms. The lowest BCUT2D eigenvalue weighted by Gasteiger charge is -2.40. The summed E-state index contributed by atoms with van der Waals surface area (Å²) in [5.74, 6) is -6.76. The number of carbonyl (C=O) groups excluding carboxylic acids is 3. The monoisotopic (exact) mass is 595 g/mol. The fourth-order valence-corrected chi connectivity index (χ4v) is 5.37. The maximum atomic E-state index is 15.6. The van der Waals surface area contributed by atoms with Crippen LogP contribution >= 0.6 is 0 Å². The SMILES string of the molecule is C[C@H]1CN(c2cc(F)c(C3=CCN(C(=O)OC4CC(F)(F)C4)C3)cc2NC(=O)C2C=NC(=O)C=C2C(F)F)CCN1C. The van der Waals surface area contributed by atoms with Crippen molar-refractivity contribution < 1.29 is 41.1 Å². The zero-order chi connectivity index (χ0) is 30.3. The number of piperazine rings is 1. The second kappa shape index (κ2) is 11.5. The van der Waals surface area contributed by atoms with E-state index in [0.717, 1.165) is 6.21 Å². The highest BCUT2D eigenvalue weighted by molar-refractivity contribution is 6.11. The molecule has 4 aliphatic rings. The van der Waals surface area contributed by atoms with Crippen molar-refractivity contribution in [1.29, 1.82) is 0 Å². The average molecular weight is 596 g/mol. The number of ether oxygens (including phenoxy) is 1. The minimum Gasteiger partial charge on any atom is -0.446 e. The first kappa shape index (κ1) is 29.7. The van der Waals surface area contributed by atoms with E-state index in [1.165, 1.54) is 17.0 Å². The number of hydrogen-bond acceptors (Lipinski definition) is 6. The second-order valence-electron chi connectivity index (χ2n) is 11.0. The number of amides is 3. The van der Waals surface area contributed by atoms with Crippen LogP contribution in [0.15, 0.2) is 34.9 Å². The molecule has 1 saturated carbocycles. The van der Waals surface area contributed by atoms with E-state index in [1.807, 2.05) is 18.9 Å². The van der Waals surface area contributed by atoms with E-state index in [-0.39, 0.29) is 30.4 Å². The van der Waals surface area contributed by atoms with Gasteiger partial charge in [-0.05, 0) is 31.7 Å².